The van der Waals surface area contributed by atoms with Crippen LogP contribution in [0.4, 0.5) is 0 Å². The maximum atomic E-state index is 13.2. The molecule has 4 aromatic rings. The van der Waals surface area contributed by atoms with Gasteiger partial charge in [-0.2, -0.15) is 4.98 Å². The van der Waals surface area contributed by atoms with Crippen molar-refractivity contribution >= 4 is 22.7 Å². The Morgan fingerprint density at radius 3 is 2.36 bits per heavy atom. The van der Waals surface area contributed by atoms with Crippen LogP contribution in [0.1, 0.15) is 28.7 Å². The molecule has 0 saturated heterocycles. The van der Waals surface area contributed by atoms with Crippen LogP contribution in [0.2, 0.25) is 0 Å². The molecule has 0 radical (unpaired) electrons. The normalized spacial score (nSPS) is 11.6. The zero-order valence-electron chi connectivity index (χ0n) is 16.3. The molecule has 0 amide bonds. The molecule has 8 nitrogen and oxygen atoms in total. The molecule has 0 fully saturated rings. The van der Waals surface area contributed by atoms with Crippen molar-refractivity contribution in [3.63, 3.8) is 0 Å². The van der Waals surface area contributed by atoms with E-state index in [2.05, 4.69) is 4.98 Å². The second-order valence-electron chi connectivity index (χ2n) is 6.86. The van der Waals surface area contributed by atoms with E-state index in [4.69, 9.17) is 0 Å². The van der Waals surface area contributed by atoms with Crippen molar-refractivity contribution in [1.82, 2.24) is 23.1 Å². The van der Waals surface area contributed by atoms with Gasteiger partial charge in [0.2, 0.25) is 5.78 Å². The number of fused-ring (bicyclic) bond motifs is 3. The molecule has 28 heavy (non-hydrogen) atoms. The minimum Gasteiger partial charge on any atom is -0.314 e. The molecular formula is C20H21N5O3. The number of hydrogen-bond donors (Lipinski definition) is 0. The summed E-state index contributed by atoms with van der Waals surface area (Å²) >= 11 is 0. The van der Waals surface area contributed by atoms with Crippen LogP contribution in [0.5, 0.6) is 0 Å². The fourth-order valence-corrected chi connectivity index (χ4v) is 3.69. The van der Waals surface area contributed by atoms with E-state index in [1.165, 1.54) is 4.57 Å². The lowest BCUT2D eigenvalue weighted by Crippen LogP contribution is -2.41. The molecule has 3 heterocycles. The summed E-state index contributed by atoms with van der Waals surface area (Å²) in [6, 6.07) is 8.64. The van der Waals surface area contributed by atoms with Gasteiger partial charge < -0.3 is 4.57 Å². The third kappa shape index (κ3) is 2.37. The number of carbonyl (C=O) groups excluding carboxylic acids is 1. The van der Waals surface area contributed by atoms with Gasteiger partial charge in [-0.05, 0) is 20.8 Å². The fourth-order valence-electron chi connectivity index (χ4n) is 3.69. The standard InChI is InChI=1S/C20H21N5O3/c1-5-23-12(2)13(3)25-16-17(21-19(23)25)22(4)20(28)24(18(16)27)11-15(26)14-9-7-6-8-10-14/h6-10H,5,11H2,1-4H3. The van der Waals surface area contributed by atoms with Crippen LogP contribution in [0, 0.1) is 13.8 Å². The first-order valence-electron chi connectivity index (χ1n) is 9.12. The zero-order valence-corrected chi connectivity index (χ0v) is 16.3. The highest BCUT2D eigenvalue weighted by Gasteiger charge is 2.23. The first kappa shape index (κ1) is 18.0. The molecule has 0 aliphatic rings. The monoisotopic (exact) mass is 379 g/mol. The number of rotatable bonds is 4. The summed E-state index contributed by atoms with van der Waals surface area (Å²) in [6.07, 6.45) is 0. The first-order chi connectivity index (χ1) is 13.4. The van der Waals surface area contributed by atoms with E-state index in [-0.39, 0.29) is 12.3 Å². The predicted molar refractivity (Wildman–Crippen MR) is 106 cm³/mol. The molecule has 0 spiro atoms. The smallest absolute Gasteiger partial charge is 0.314 e. The molecule has 0 bridgehead atoms. The van der Waals surface area contributed by atoms with E-state index < -0.39 is 11.2 Å². The number of nitrogens with zero attached hydrogens (tertiary/aromatic N) is 5. The summed E-state index contributed by atoms with van der Waals surface area (Å²) in [5.41, 5.74) is 1.91. The van der Waals surface area contributed by atoms with E-state index in [0.29, 0.717) is 29.0 Å². The minimum absolute atomic E-state index is 0.293. The molecule has 8 heteroatoms. The second-order valence-corrected chi connectivity index (χ2v) is 6.86. The minimum atomic E-state index is -0.556. The number of Topliss-reactive ketones (excluding diaryl/α,β-unsaturated/α-hetero) is 1. The maximum Gasteiger partial charge on any atom is 0.332 e. The highest BCUT2D eigenvalue weighted by molar-refractivity contribution is 5.96. The average molecular weight is 379 g/mol. The molecular weight excluding hydrogens is 358 g/mol. The zero-order chi connectivity index (χ0) is 20.2. The number of ketones is 1. The van der Waals surface area contributed by atoms with E-state index in [1.807, 2.05) is 25.3 Å². The van der Waals surface area contributed by atoms with Crippen LogP contribution >= 0.6 is 0 Å². The predicted octanol–water partition coefficient (Wildman–Crippen LogP) is 1.67. The SMILES string of the molecule is CCn1c(C)c(C)n2c3c(=O)n(CC(=O)c4ccccc4)c(=O)n(C)c3nc12. The van der Waals surface area contributed by atoms with Crippen molar-refractivity contribution < 1.29 is 4.79 Å². The summed E-state index contributed by atoms with van der Waals surface area (Å²) in [4.78, 5) is 43.2. The third-order valence-electron chi connectivity index (χ3n) is 5.34. The van der Waals surface area contributed by atoms with Gasteiger partial charge in [0.15, 0.2) is 16.9 Å². The number of aryl methyl sites for hydroxylation is 3. The van der Waals surface area contributed by atoms with Gasteiger partial charge in [0, 0.05) is 30.5 Å². The number of imidazole rings is 2. The lowest BCUT2D eigenvalue weighted by Gasteiger charge is -2.08. The van der Waals surface area contributed by atoms with Crippen LogP contribution < -0.4 is 11.2 Å². The Morgan fingerprint density at radius 1 is 1.04 bits per heavy atom. The van der Waals surface area contributed by atoms with Gasteiger partial charge in [0.25, 0.3) is 5.56 Å². The summed E-state index contributed by atoms with van der Waals surface area (Å²) in [5, 5.41) is 0. The van der Waals surface area contributed by atoms with Crippen molar-refractivity contribution in [2.45, 2.75) is 33.9 Å². The Balaban J connectivity index is 2.01. The molecule has 0 aliphatic carbocycles. The summed E-state index contributed by atoms with van der Waals surface area (Å²) < 4.78 is 6.10. The van der Waals surface area contributed by atoms with Crippen molar-refractivity contribution in [1.29, 1.82) is 0 Å². The van der Waals surface area contributed by atoms with Crippen molar-refractivity contribution in [3.8, 4) is 0 Å². The van der Waals surface area contributed by atoms with Crippen LogP contribution in [0.15, 0.2) is 39.9 Å². The van der Waals surface area contributed by atoms with Gasteiger partial charge in [0.05, 0.1) is 6.54 Å². The quantitative estimate of drug-likeness (QED) is 0.505. The number of aromatic nitrogens is 5. The van der Waals surface area contributed by atoms with Crippen molar-refractivity contribution in [3.05, 3.63) is 68.1 Å². The Morgan fingerprint density at radius 2 is 1.71 bits per heavy atom. The van der Waals surface area contributed by atoms with Crippen molar-refractivity contribution in [2.24, 2.45) is 7.05 Å². The molecule has 0 N–H and O–H groups in total. The molecule has 144 valence electrons. The van der Waals surface area contributed by atoms with E-state index in [0.717, 1.165) is 16.0 Å². The Labute approximate surface area is 160 Å². The van der Waals surface area contributed by atoms with Crippen molar-refractivity contribution in [2.75, 3.05) is 0 Å². The molecule has 0 aliphatic heterocycles. The van der Waals surface area contributed by atoms with Gasteiger partial charge in [-0.3, -0.25) is 23.1 Å². The maximum absolute atomic E-state index is 13.2. The second kappa shape index (κ2) is 6.33. The van der Waals surface area contributed by atoms with Crippen LogP contribution in [0.25, 0.3) is 16.9 Å². The molecule has 3 aromatic heterocycles. The van der Waals surface area contributed by atoms with E-state index >= 15 is 0 Å². The van der Waals surface area contributed by atoms with Crippen LogP contribution in [-0.2, 0) is 20.1 Å². The molecule has 0 unspecified atom stereocenters. The molecule has 0 atom stereocenters. The molecule has 4 rings (SSSR count). The topological polar surface area (TPSA) is 83.3 Å². The fraction of sp³-hybridized carbons (Fsp3) is 0.300. The van der Waals surface area contributed by atoms with Crippen LogP contribution in [0.3, 0.4) is 0 Å². The van der Waals surface area contributed by atoms with Gasteiger partial charge in [-0.1, -0.05) is 30.3 Å². The summed E-state index contributed by atoms with van der Waals surface area (Å²) in [5.74, 6) is 0.325. The lowest BCUT2D eigenvalue weighted by molar-refractivity contribution is 0.0969. The third-order valence-corrected chi connectivity index (χ3v) is 5.34. The Kier molecular flexibility index (Phi) is 4.06. The highest BCUT2D eigenvalue weighted by Crippen LogP contribution is 2.20. The van der Waals surface area contributed by atoms with Gasteiger partial charge in [0.1, 0.15) is 0 Å². The Hall–Kier alpha value is -3.42. The number of benzene rings is 1. The molecule has 0 saturated carbocycles. The summed E-state index contributed by atoms with van der Waals surface area (Å²) in [6.45, 7) is 6.27. The van der Waals surface area contributed by atoms with Gasteiger partial charge >= 0.3 is 5.69 Å². The largest absolute Gasteiger partial charge is 0.332 e. The first-order valence-corrected chi connectivity index (χ1v) is 9.12. The van der Waals surface area contributed by atoms with E-state index in [9.17, 15) is 14.4 Å². The number of hydrogen-bond acceptors (Lipinski definition) is 4. The van der Waals surface area contributed by atoms with Gasteiger partial charge in [-0.15, -0.1) is 0 Å². The Bertz CT molecular complexity index is 1350. The molecule has 1 aromatic carbocycles. The lowest BCUT2D eigenvalue weighted by atomic mass is 10.1. The van der Waals surface area contributed by atoms with E-state index in [1.54, 1.807) is 41.8 Å². The van der Waals surface area contributed by atoms with Gasteiger partial charge in [-0.25, -0.2) is 4.79 Å². The highest BCUT2D eigenvalue weighted by atomic mass is 16.2. The average Bonchev–Trinajstić information content (AvgIpc) is 3.20. The van der Waals surface area contributed by atoms with Crippen LogP contribution in [-0.4, -0.2) is 28.9 Å². The number of carbonyl (C=O) groups is 1. The summed E-state index contributed by atoms with van der Waals surface area (Å²) in [7, 11) is 1.57.